The Morgan fingerprint density at radius 3 is 3.24 bits per heavy atom. The van der Waals surface area contributed by atoms with Crippen LogP contribution in [0.1, 0.15) is 19.3 Å². The molecule has 0 radical (unpaired) electrons. The van der Waals surface area contributed by atoms with Gasteiger partial charge in [-0.15, -0.1) is 0 Å². The zero-order valence-corrected chi connectivity index (χ0v) is 9.78. The smallest absolute Gasteiger partial charge is 0.319 e. The standard InChI is InChI=1S/C12H18N4O/c17-12(16-11-5-3-7-14-9-11)15-10-4-1-2-6-13-8-10/h3,5,7,9-10,13H,1-2,4,6,8H2,(H2,15,16,17). The van der Waals surface area contributed by atoms with Gasteiger partial charge in [0.25, 0.3) is 0 Å². The third kappa shape index (κ3) is 4.03. The number of urea groups is 1. The average Bonchev–Trinajstić information content (AvgIpc) is 2.59. The molecule has 0 saturated carbocycles. The first-order chi connectivity index (χ1) is 8.34. The molecule has 1 aliphatic heterocycles. The van der Waals surface area contributed by atoms with Crippen molar-refractivity contribution in [1.82, 2.24) is 15.6 Å². The maximum absolute atomic E-state index is 11.7. The van der Waals surface area contributed by atoms with Gasteiger partial charge in [-0.05, 0) is 31.5 Å². The van der Waals surface area contributed by atoms with Crippen LogP contribution in [-0.2, 0) is 0 Å². The highest BCUT2D eigenvalue weighted by Crippen LogP contribution is 2.05. The third-order valence-corrected chi connectivity index (χ3v) is 2.80. The second kappa shape index (κ2) is 6.20. The highest BCUT2D eigenvalue weighted by molar-refractivity contribution is 5.89. The molecule has 1 fully saturated rings. The molecule has 0 spiro atoms. The molecule has 1 aromatic heterocycles. The van der Waals surface area contributed by atoms with Crippen molar-refractivity contribution < 1.29 is 4.79 Å². The predicted molar refractivity (Wildman–Crippen MR) is 66.9 cm³/mol. The van der Waals surface area contributed by atoms with Crippen molar-refractivity contribution in [2.24, 2.45) is 0 Å². The monoisotopic (exact) mass is 234 g/mol. The van der Waals surface area contributed by atoms with Gasteiger partial charge in [-0.1, -0.05) is 6.42 Å². The van der Waals surface area contributed by atoms with Crippen LogP contribution >= 0.6 is 0 Å². The lowest BCUT2D eigenvalue weighted by molar-refractivity contribution is 0.247. The fourth-order valence-corrected chi connectivity index (χ4v) is 1.93. The number of aromatic nitrogens is 1. The van der Waals surface area contributed by atoms with Gasteiger partial charge in [-0.25, -0.2) is 4.79 Å². The van der Waals surface area contributed by atoms with Crippen molar-refractivity contribution in [3.05, 3.63) is 24.5 Å². The number of carbonyl (C=O) groups excluding carboxylic acids is 1. The van der Waals surface area contributed by atoms with Crippen LogP contribution in [0, 0.1) is 0 Å². The Morgan fingerprint density at radius 2 is 2.41 bits per heavy atom. The van der Waals surface area contributed by atoms with Gasteiger partial charge in [-0.3, -0.25) is 4.98 Å². The van der Waals surface area contributed by atoms with Gasteiger partial charge < -0.3 is 16.0 Å². The van der Waals surface area contributed by atoms with E-state index in [1.165, 1.54) is 6.42 Å². The Balaban J connectivity index is 1.80. The van der Waals surface area contributed by atoms with Crippen LogP contribution in [0.5, 0.6) is 0 Å². The topological polar surface area (TPSA) is 66.0 Å². The van der Waals surface area contributed by atoms with Crippen LogP contribution < -0.4 is 16.0 Å². The third-order valence-electron chi connectivity index (χ3n) is 2.80. The number of carbonyl (C=O) groups is 1. The molecule has 1 aliphatic rings. The van der Waals surface area contributed by atoms with Crippen molar-refractivity contribution in [3.8, 4) is 0 Å². The highest BCUT2D eigenvalue weighted by Gasteiger charge is 2.14. The number of hydrogen-bond acceptors (Lipinski definition) is 3. The summed E-state index contributed by atoms with van der Waals surface area (Å²) < 4.78 is 0. The molecule has 5 nitrogen and oxygen atoms in total. The molecular formula is C12H18N4O. The first kappa shape index (κ1) is 11.9. The lowest BCUT2D eigenvalue weighted by Crippen LogP contribution is -2.42. The summed E-state index contributed by atoms with van der Waals surface area (Å²) >= 11 is 0. The summed E-state index contributed by atoms with van der Waals surface area (Å²) in [5.74, 6) is 0. The second-order valence-corrected chi connectivity index (χ2v) is 4.24. The fourth-order valence-electron chi connectivity index (χ4n) is 1.93. The molecule has 2 heterocycles. The molecule has 17 heavy (non-hydrogen) atoms. The van der Waals surface area contributed by atoms with Gasteiger partial charge in [0, 0.05) is 18.8 Å². The summed E-state index contributed by atoms with van der Waals surface area (Å²) in [6, 6.07) is 3.67. The summed E-state index contributed by atoms with van der Waals surface area (Å²) in [5, 5.41) is 9.05. The molecule has 2 amide bonds. The van der Waals surface area contributed by atoms with Crippen molar-refractivity contribution in [2.75, 3.05) is 18.4 Å². The largest absolute Gasteiger partial charge is 0.334 e. The zero-order valence-electron chi connectivity index (χ0n) is 9.78. The number of hydrogen-bond donors (Lipinski definition) is 3. The quantitative estimate of drug-likeness (QED) is 0.723. The Morgan fingerprint density at radius 1 is 1.47 bits per heavy atom. The van der Waals surface area contributed by atoms with E-state index >= 15 is 0 Å². The number of anilines is 1. The van der Waals surface area contributed by atoms with E-state index in [0.29, 0.717) is 5.69 Å². The van der Waals surface area contributed by atoms with Gasteiger partial charge in [0.1, 0.15) is 0 Å². The molecule has 1 saturated heterocycles. The Hall–Kier alpha value is -1.62. The van der Waals surface area contributed by atoms with Crippen molar-refractivity contribution in [1.29, 1.82) is 0 Å². The normalized spacial score (nSPS) is 20.4. The maximum atomic E-state index is 11.7. The van der Waals surface area contributed by atoms with E-state index in [2.05, 4.69) is 20.9 Å². The summed E-state index contributed by atoms with van der Waals surface area (Å²) in [6.45, 7) is 1.89. The number of amides is 2. The SMILES string of the molecule is O=C(Nc1cccnc1)NC1CCCCNC1. The fraction of sp³-hybridized carbons (Fsp3) is 0.500. The number of nitrogens with zero attached hydrogens (tertiary/aromatic N) is 1. The molecule has 0 aliphatic carbocycles. The molecule has 1 atom stereocenters. The first-order valence-corrected chi connectivity index (χ1v) is 6.03. The van der Waals surface area contributed by atoms with Crippen molar-refractivity contribution >= 4 is 11.7 Å². The minimum atomic E-state index is -0.160. The lowest BCUT2D eigenvalue weighted by atomic mass is 10.1. The van der Waals surface area contributed by atoms with E-state index in [4.69, 9.17) is 0 Å². The molecule has 2 rings (SSSR count). The van der Waals surface area contributed by atoms with E-state index in [-0.39, 0.29) is 12.1 Å². The number of nitrogens with one attached hydrogen (secondary N) is 3. The summed E-state index contributed by atoms with van der Waals surface area (Å²) in [6.07, 6.45) is 6.68. The van der Waals surface area contributed by atoms with Crippen LogP contribution in [0.4, 0.5) is 10.5 Å². The van der Waals surface area contributed by atoms with E-state index in [0.717, 1.165) is 25.9 Å². The van der Waals surface area contributed by atoms with Crippen molar-refractivity contribution in [2.45, 2.75) is 25.3 Å². The average molecular weight is 234 g/mol. The molecule has 5 heteroatoms. The van der Waals surface area contributed by atoms with Gasteiger partial charge >= 0.3 is 6.03 Å². The molecule has 1 unspecified atom stereocenters. The molecule has 3 N–H and O–H groups in total. The van der Waals surface area contributed by atoms with Gasteiger partial charge in [0.05, 0.1) is 11.9 Å². The lowest BCUT2D eigenvalue weighted by Gasteiger charge is -2.16. The van der Waals surface area contributed by atoms with Crippen LogP contribution in [0.25, 0.3) is 0 Å². The van der Waals surface area contributed by atoms with Crippen LogP contribution in [0.15, 0.2) is 24.5 Å². The molecular weight excluding hydrogens is 216 g/mol. The first-order valence-electron chi connectivity index (χ1n) is 6.03. The molecule has 0 bridgehead atoms. The zero-order chi connectivity index (χ0) is 11.9. The van der Waals surface area contributed by atoms with Crippen LogP contribution in [0.3, 0.4) is 0 Å². The minimum absolute atomic E-state index is 0.160. The van der Waals surface area contributed by atoms with E-state index in [9.17, 15) is 4.79 Å². The Kier molecular flexibility index (Phi) is 4.32. The molecule has 1 aromatic rings. The Bertz CT molecular complexity index is 347. The van der Waals surface area contributed by atoms with E-state index < -0.39 is 0 Å². The van der Waals surface area contributed by atoms with Gasteiger partial charge in [0.2, 0.25) is 0 Å². The Labute approximate surface area is 101 Å². The van der Waals surface area contributed by atoms with Gasteiger partial charge in [0.15, 0.2) is 0 Å². The highest BCUT2D eigenvalue weighted by atomic mass is 16.2. The predicted octanol–water partition coefficient (Wildman–Crippen LogP) is 1.35. The number of rotatable bonds is 2. The molecule has 92 valence electrons. The van der Waals surface area contributed by atoms with Gasteiger partial charge in [-0.2, -0.15) is 0 Å². The maximum Gasteiger partial charge on any atom is 0.319 e. The number of pyridine rings is 1. The summed E-state index contributed by atoms with van der Waals surface area (Å²) in [7, 11) is 0. The van der Waals surface area contributed by atoms with Crippen LogP contribution in [-0.4, -0.2) is 30.1 Å². The minimum Gasteiger partial charge on any atom is -0.334 e. The van der Waals surface area contributed by atoms with Crippen molar-refractivity contribution in [3.63, 3.8) is 0 Å². The van der Waals surface area contributed by atoms with E-state index in [1.54, 1.807) is 18.5 Å². The second-order valence-electron chi connectivity index (χ2n) is 4.24. The van der Waals surface area contributed by atoms with Crippen LogP contribution in [0.2, 0.25) is 0 Å². The molecule has 0 aromatic carbocycles. The van der Waals surface area contributed by atoms with E-state index in [1.807, 2.05) is 6.07 Å². The summed E-state index contributed by atoms with van der Waals surface area (Å²) in [5.41, 5.74) is 0.714. The summed E-state index contributed by atoms with van der Waals surface area (Å²) in [4.78, 5) is 15.7.